The summed E-state index contributed by atoms with van der Waals surface area (Å²) >= 11 is 0. The molecule has 2 aromatic rings. The number of benzene rings is 2. The minimum Gasteiger partial charge on any atom is -0.321 e. The second kappa shape index (κ2) is 7.66. The lowest BCUT2D eigenvalue weighted by atomic mass is 10.0. The first-order chi connectivity index (χ1) is 12.7. The van der Waals surface area contributed by atoms with E-state index in [2.05, 4.69) is 12.2 Å². The number of carbonyl (C=O) groups is 2. The average Bonchev–Trinajstić information content (AvgIpc) is 2.93. The molecule has 0 spiro atoms. The Bertz CT molecular complexity index is 910. The summed E-state index contributed by atoms with van der Waals surface area (Å²) in [5.74, 6) is -0.867. The van der Waals surface area contributed by atoms with Crippen molar-refractivity contribution in [3.63, 3.8) is 0 Å². The molecule has 130 valence electrons. The molecule has 1 aliphatic rings. The van der Waals surface area contributed by atoms with Crippen molar-refractivity contribution in [1.82, 2.24) is 0 Å². The first kappa shape index (κ1) is 17.4. The van der Waals surface area contributed by atoms with Gasteiger partial charge in [-0.15, -0.1) is 0 Å². The Hall–Kier alpha value is -3.39. The van der Waals surface area contributed by atoms with Crippen LogP contribution in [0.5, 0.6) is 0 Å². The molecule has 3 rings (SSSR count). The molecular formula is C21H19N3O2. The van der Waals surface area contributed by atoms with Crippen LogP contribution in [-0.2, 0) is 9.59 Å². The number of nitriles is 1. The highest BCUT2D eigenvalue weighted by molar-refractivity contribution is 6.37. The van der Waals surface area contributed by atoms with Gasteiger partial charge in [0.25, 0.3) is 11.8 Å². The van der Waals surface area contributed by atoms with E-state index in [9.17, 15) is 14.9 Å². The summed E-state index contributed by atoms with van der Waals surface area (Å²) in [6, 6.07) is 18.1. The fourth-order valence-electron chi connectivity index (χ4n) is 3.00. The van der Waals surface area contributed by atoms with Crippen LogP contribution in [0.3, 0.4) is 0 Å². The molecule has 0 radical (unpaired) electrons. The molecule has 5 nitrogen and oxygen atoms in total. The Morgan fingerprint density at radius 2 is 1.81 bits per heavy atom. The van der Waals surface area contributed by atoms with Crippen LogP contribution >= 0.6 is 0 Å². The lowest BCUT2D eigenvalue weighted by Crippen LogP contribution is -2.28. The minimum absolute atomic E-state index is 0.162. The van der Waals surface area contributed by atoms with Crippen LogP contribution in [0, 0.1) is 11.3 Å². The van der Waals surface area contributed by atoms with Crippen molar-refractivity contribution in [2.45, 2.75) is 19.8 Å². The summed E-state index contributed by atoms with van der Waals surface area (Å²) in [6.45, 7) is 2.62. The molecule has 0 fully saturated rings. The second-order valence-corrected chi connectivity index (χ2v) is 6.01. The van der Waals surface area contributed by atoms with Crippen molar-refractivity contribution in [3.8, 4) is 6.07 Å². The van der Waals surface area contributed by atoms with Crippen molar-refractivity contribution in [2.24, 2.45) is 0 Å². The topological polar surface area (TPSA) is 73.2 Å². The number of amides is 2. The van der Waals surface area contributed by atoms with Gasteiger partial charge in [-0.05, 0) is 24.6 Å². The summed E-state index contributed by atoms with van der Waals surface area (Å²) in [6.07, 6.45) is 1.80. The number of unbranched alkanes of at least 4 members (excludes halogenated alkanes) is 1. The molecule has 0 saturated carbocycles. The van der Waals surface area contributed by atoms with Gasteiger partial charge in [0.1, 0.15) is 11.6 Å². The lowest BCUT2D eigenvalue weighted by Gasteiger charge is -2.16. The molecular weight excluding hydrogens is 326 g/mol. The third kappa shape index (κ3) is 3.22. The van der Waals surface area contributed by atoms with Gasteiger partial charge in [-0.25, -0.2) is 0 Å². The Balaban J connectivity index is 2.02. The zero-order chi connectivity index (χ0) is 18.5. The monoisotopic (exact) mass is 345 g/mol. The van der Waals surface area contributed by atoms with Gasteiger partial charge in [0.2, 0.25) is 0 Å². The average molecular weight is 345 g/mol. The Morgan fingerprint density at radius 1 is 1.12 bits per heavy atom. The number of carbonyl (C=O) groups excluding carboxylic acids is 2. The maximum absolute atomic E-state index is 13.0. The van der Waals surface area contributed by atoms with E-state index >= 15 is 0 Å². The standard InChI is InChI=1S/C21H19N3O2/c1-2-3-13-24-18-12-8-7-11-16(18)19(21(24)26)17(14-22)20(25)23-15-9-5-4-6-10-15/h4-12H,2-3,13H2,1H3,(H,23,25)/b19-17+. The first-order valence-corrected chi connectivity index (χ1v) is 8.59. The van der Waals surface area contributed by atoms with Crippen LogP contribution in [0.2, 0.25) is 0 Å². The van der Waals surface area contributed by atoms with Gasteiger partial charge < -0.3 is 10.2 Å². The van der Waals surface area contributed by atoms with Crippen molar-refractivity contribution >= 4 is 28.8 Å². The molecule has 0 saturated heterocycles. The summed E-state index contributed by atoms with van der Waals surface area (Å²) < 4.78 is 0. The number of rotatable bonds is 5. The minimum atomic E-state index is -0.575. The van der Waals surface area contributed by atoms with E-state index in [1.807, 2.05) is 24.3 Å². The predicted octanol–water partition coefficient (Wildman–Crippen LogP) is 3.75. The van der Waals surface area contributed by atoms with E-state index in [0.717, 1.165) is 18.5 Å². The van der Waals surface area contributed by atoms with E-state index in [0.29, 0.717) is 17.8 Å². The van der Waals surface area contributed by atoms with Crippen molar-refractivity contribution in [2.75, 3.05) is 16.8 Å². The molecule has 2 amide bonds. The summed E-state index contributed by atoms with van der Waals surface area (Å²) in [5, 5.41) is 12.3. The lowest BCUT2D eigenvalue weighted by molar-refractivity contribution is -0.114. The number of nitrogens with zero attached hydrogens (tertiary/aromatic N) is 2. The molecule has 1 aliphatic heterocycles. The molecule has 1 heterocycles. The van der Waals surface area contributed by atoms with E-state index in [4.69, 9.17) is 0 Å². The largest absolute Gasteiger partial charge is 0.321 e. The van der Waals surface area contributed by atoms with Crippen molar-refractivity contribution in [3.05, 3.63) is 65.7 Å². The van der Waals surface area contributed by atoms with Crippen LogP contribution in [0.4, 0.5) is 11.4 Å². The van der Waals surface area contributed by atoms with Crippen molar-refractivity contribution in [1.29, 1.82) is 5.26 Å². The predicted molar refractivity (Wildman–Crippen MR) is 101 cm³/mol. The maximum Gasteiger partial charge on any atom is 0.267 e. The SMILES string of the molecule is CCCCN1C(=O)/C(=C(\C#N)C(=O)Nc2ccccc2)c2ccccc21. The van der Waals surface area contributed by atoms with Gasteiger partial charge in [0.15, 0.2) is 0 Å². The van der Waals surface area contributed by atoms with Gasteiger partial charge in [-0.3, -0.25) is 9.59 Å². The second-order valence-electron chi connectivity index (χ2n) is 6.01. The Labute approximate surface area is 152 Å². The van der Waals surface area contributed by atoms with Crippen LogP contribution in [0.15, 0.2) is 60.2 Å². The highest BCUT2D eigenvalue weighted by Crippen LogP contribution is 2.38. The number of fused-ring (bicyclic) bond motifs is 1. The number of nitrogens with one attached hydrogen (secondary N) is 1. The van der Waals surface area contributed by atoms with Crippen LogP contribution in [0.1, 0.15) is 25.3 Å². The third-order valence-electron chi connectivity index (χ3n) is 4.28. The molecule has 0 aromatic heterocycles. The van der Waals surface area contributed by atoms with Crippen LogP contribution in [-0.4, -0.2) is 18.4 Å². The molecule has 0 bridgehead atoms. The molecule has 0 atom stereocenters. The molecule has 26 heavy (non-hydrogen) atoms. The molecule has 2 aromatic carbocycles. The van der Waals surface area contributed by atoms with E-state index in [1.165, 1.54) is 0 Å². The fraction of sp³-hybridized carbons (Fsp3) is 0.190. The van der Waals surface area contributed by atoms with Crippen LogP contribution < -0.4 is 10.2 Å². The highest BCUT2D eigenvalue weighted by atomic mass is 16.2. The van der Waals surface area contributed by atoms with Crippen LogP contribution in [0.25, 0.3) is 5.57 Å². The van der Waals surface area contributed by atoms with Crippen molar-refractivity contribution < 1.29 is 9.59 Å². The molecule has 1 N–H and O–H groups in total. The summed E-state index contributed by atoms with van der Waals surface area (Å²) in [7, 11) is 0. The Kier molecular flexibility index (Phi) is 5.14. The smallest absolute Gasteiger partial charge is 0.267 e. The quantitative estimate of drug-likeness (QED) is 0.662. The molecule has 0 aliphatic carbocycles. The van der Waals surface area contributed by atoms with Gasteiger partial charge in [0, 0.05) is 17.8 Å². The normalized spacial score (nSPS) is 14.6. The van der Waals surface area contributed by atoms with Gasteiger partial charge in [-0.1, -0.05) is 49.7 Å². The number of hydrogen-bond acceptors (Lipinski definition) is 3. The van der Waals surface area contributed by atoms with E-state index in [1.54, 1.807) is 41.3 Å². The van der Waals surface area contributed by atoms with Gasteiger partial charge >= 0.3 is 0 Å². The first-order valence-electron chi connectivity index (χ1n) is 8.59. The molecule has 5 heteroatoms. The summed E-state index contributed by atoms with van der Waals surface area (Å²) in [4.78, 5) is 27.3. The highest BCUT2D eigenvalue weighted by Gasteiger charge is 2.35. The van der Waals surface area contributed by atoms with Gasteiger partial charge in [-0.2, -0.15) is 5.26 Å². The molecule has 0 unspecified atom stereocenters. The number of anilines is 2. The Morgan fingerprint density at radius 3 is 2.50 bits per heavy atom. The van der Waals surface area contributed by atoms with E-state index in [-0.39, 0.29) is 17.1 Å². The number of para-hydroxylation sites is 2. The third-order valence-corrected chi connectivity index (χ3v) is 4.28. The zero-order valence-electron chi connectivity index (χ0n) is 14.5. The number of hydrogen-bond donors (Lipinski definition) is 1. The zero-order valence-corrected chi connectivity index (χ0v) is 14.5. The summed E-state index contributed by atoms with van der Waals surface area (Å²) in [5.41, 5.74) is 1.97. The maximum atomic E-state index is 13.0. The van der Waals surface area contributed by atoms with E-state index < -0.39 is 5.91 Å². The van der Waals surface area contributed by atoms with Gasteiger partial charge in [0.05, 0.1) is 11.3 Å². The fourth-order valence-corrected chi connectivity index (χ4v) is 3.00.